The van der Waals surface area contributed by atoms with Crippen LogP contribution in [0.25, 0.3) is 0 Å². The molecule has 0 aromatic carbocycles. The standard InChI is InChI=1S/C44H72ClNO11/c1-11-30(40(50)51)32-15-14-24(4)38(54-32)28(8)36(48)27(7)37(49)31(12-2)39-25(5)22-26(6)43(55-39)19-16-33(46-35(47)23-45)44(57-43)21-20-41(10,56-44)34-17-18-42(52,13-3)29(9)53-34/h16,19,24-34,36,38-39,48,52H,11-15,17-18,20-23H2,1-10H3,(H,46,47)(H,50,51)/t24-,25-,26+,27-,28-,29-,30?,31?,32+,33+,34+,36+,38+,39-,41-,42+,43-,44-/m0/s1. The maximum Gasteiger partial charge on any atom is 0.309 e. The van der Waals surface area contributed by atoms with E-state index in [9.17, 15) is 29.7 Å². The van der Waals surface area contributed by atoms with E-state index in [0.29, 0.717) is 57.8 Å². The fourth-order valence-corrected chi connectivity index (χ4v) is 11.0. The summed E-state index contributed by atoms with van der Waals surface area (Å²) in [5, 5.41) is 35.8. The summed E-state index contributed by atoms with van der Waals surface area (Å²) in [5.41, 5.74) is -1.70. The number of carbonyl (C=O) groups is 3. The van der Waals surface area contributed by atoms with Gasteiger partial charge in [-0.1, -0.05) is 61.5 Å². The van der Waals surface area contributed by atoms with Crippen LogP contribution in [0.2, 0.25) is 0 Å². The predicted molar refractivity (Wildman–Crippen MR) is 215 cm³/mol. The Labute approximate surface area is 345 Å². The zero-order valence-electron chi connectivity index (χ0n) is 36.0. The lowest BCUT2D eigenvalue weighted by Crippen LogP contribution is -2.65. The van der Waals surface area contributed by atoms with Crippen LogP contribution in [0, 0.1) is 41.4 Å². The SMILES string of the molecule is CCC(C(=O)[C@@H](C)[C@@H](O)[C@H](C)[C@@H]1O[C@@H](C(CC)C(=O)O)CC[C@@H]1C)[C@H]1O[C@]2(C=C[C@@H](NC(=O)CCl)[C@]3(CC[C@@](C)([C@H]4CC[C@](O)(CC)[C@H](C)O4)O3)O2)[C@H](C)C[C@@H]1C. The van der Waals surface area contributed by atoms with Gasteiger partial charge in [-0.25, -0.2) is 0 Å². The lowest BCUT2D eigenvalue weighted by molar-refractivity contribution is -0.398. The van der Waals surface area contributed by atoms with Crippen molar-refractivity contribution in [3.8, 4) is 0 Å². The molecule has 0 aromatic heterocycles. The van der Waals surface area contributed by atoms with Crippen LogP contribution >= 0.6 is 11.6 Å². The molecule has 2 spiro atoms. The number of hydrogen-bond donors (Lipinski definition) is 4. The topological polar surface area (TPSA) is 170 Å². The zero-order chi connectivity index (χ0) is 42.2. The van der Waals surface area contributed by atoms with Crippen molar-refractivity contribution in [2.45, 2.75) is 199 Å². The average molecular weight is 827 g/mol. The van der Waals surface area contributed by atoms with Crippen LogP contribution in [0.15, 0.2) is 12.2 Å². The number of aliphatic hydroxyl groups is 2. The normalized spacial score (nSPS) is 43.6. The molecule has 18 atom stereocenters. The Morgan fingerprint density at radius 1 is 0.912 bits per heavy atom. The van der Waals surface area contributed by atoms with Crippen LogP contribution in [0.4, 0.5) is 0 Å². The number of hydrogen-bond acceptors (Lipinski definition) is 10. The molecule has 1 amide bonds. The Bertz CT molecular complexity index is 1460. The highest BCUT2D eigenvalue weighted by molar-refractivity contribution is 6.27. The molecule has 0 saturated carbocycles. The van der Waals surface area contributed by atoms with E-state index < -0.39 is 82.9 Å². The molecule has 0 aromatic rings. The first-order valence-corrected chi connectivity index (χ1v) is 22.4. The summed E-state index contributed by atoms with van der Waals surface area (Å²) in [7, 11) is 0. The Balaban J connectivity index is 1.37. The second-order valence-electron chi connectivity index (χ2n) is 18.6. The van der Waals surface area contributed by atoms with Gasteiger partial charge in [0.2, 0.25) is 5.91 Å². The minimum atomic E-state index is -1.33. The molecule has 5 rings (SSSR count). The monoisotopic (exact) mass is 825 g/mol. The maximum absolute atomic E-state index is 14.6. The number of ether oxygens (including phenoxy) is 5. The third-order valence-corrected chi connectivity index (χ3v) is 15.2. The summed E-state index contributed by atoms with van der Waals surface area (Å²) in [5.74, 6) is -6.57. The van der Waals surface area contributed by atoms with E-state index in [4.69, 9.17) is 35.3 Å². The van der Waals surface area contributed by atoms with Gasteiger partial charge in [-0.3, -0.25) is 14.4 Å². The molecule has 326 valence electrons. The number of carbonyl (C=O) groups excluding carboxylic acids is 2. The quantitative estimate of drug-likeness (QED) is 0.111. The highest BCUT2D eigenvalue weighted by Crippen LogP contribution is 2.54. The molecule has 4 N–H and O–H groups in total. The Kier molecular flexibility index (Phi) is 14.8. The second kappa shape index (κ2) is 18.1. The van der Waals surface area contributed by atoms with Crippen LogP contribution in [-0.2, 0) is 38.1 Å². The van der Waals surface area contributed by atoms with E-state index in [1.165, 1.54) is 0 Å². The van der Waals surface area contributed by atoms with Gasteiger partial charge in [0.05, 0.1) is 53.7 Å². The highest BCUT2D eigenvalue weighted by atomic mass is 35.5. The number of halogens is 1. The number of nitrogens with one attached hydrogen (secondary N) is 1. The molecule has 0 aliphatic carbocycles. The lowest BCUT2D eigenvalue weighted by atomic mass is 9.72. The van der Waals surface area contributed by atoms with Crippen molar-refractivity contribution in [2.75, 3.05) is 5.88 Å². The molecular weight excluding hydrogens is 754 g/mol. The van der Waals surface area contributed by atoms with Gasteiger partial charge >= 0.3 is 5.97 Å². The molecule has 13 heteroatoms. The molecule has 57 heavy (non-hydrogen) atoms. The number of aliphatic carboxylic acids is 1. The van der Waals surface area contributed by atoms with Crippen molar-refractivity contribution in [3.05, 3.63) is 12.2 Å². The van der Waals surface area contributed by atoms with Gasteiger partial charge in [0.1, 0.15) is 17.7 Å². The molecule has 2 unspecified atom stereocenters. The third-order valence-electron chi connectivity index (χ3n) is 14.9. The predicted octanol–water partition coefficient (Wildman–Crippen LogP) is 6.55. The molecule has 5 aliphatic rings. The maximum atomic E-state index is 14.6. The van der Waals surface area contributed by atoms with Gasteiger partial charge in [0, 0.05) is 30.1 Å². The number of ketones is 1. The summed E-state index contributed by atoms with van der Waals surface area (Å²) in [6, 6.07) is -0.675. The van der Waals surface area contributed by atoms with Crippen molar-refractivity contribution >= 4 is 29.3 Å². The van der Waals surface area contributed by atoms with Crippen LogP contribution in [0.5, 0.6) is 0 Å². The van der Waals surface area contributed by atoms with Crippen molar-refractivity contribution in [3.63, 3.8) is 0 Å². The number of alkyl halides is 1. The Morgan fingerprint density at radius 3 is 2.19 bits per heavy atom. The molecule has 0 radical (unpaired) electrons. The van der Waals surface area contributed by atoms with E-state index in [1.54, 1.807) is 6.92 Å². The third kappa shape index (κ3) is 9.05. The first-order chi connectivity index (χ1) is 26.7. The van der Waals surface area contributed by atoms with E-state index >= 15 is 0 Å². The minimum Gasteiger partial charge on any atom is -0.481 e. The first-order valence-electron chi connectivity index (χ1n) is 21.8. The van der Waals surface area contributed by atoms with Crippen molar-refractivity contribution in [2.24, 2.45) is 41.4 Å². The smallest absolute Gasteiger partial charge is 0.309 e. The van der Waals surface area contributed by atoms with Gasteiger partial charge in [-0.05, 0) is 89.5 Å². The van der Waals surface area contributed by atoms with Crippen molar-refractivity contribution < 1.29 is 53.4 Å². The van der Waals surface area contributed by atoms with Crippen molar-refractivity contribution in [1.29, 1.82) is 0 Å². The molecule has 4 saturated heterocycles. The van der Waals surface area contributed by atoms with Crippen molar-refractivity contribution in [1.82, 2.24) is 5.32 Å². The Hall–Kier alpha value is -1.64. The molecular formula is C44H72ClNO11. The molecule has 12 nitrogen and oxygen atoms in total. The summed E-state index contributed by atoms with van der Waals surface area (Å²) in [6.45, 7) is 19.6. The molecule has 4 fully saturated rings. The number of carboxylic acid groups (broad SMARTS) is 1. The number of rotatable bonds is 14. The molecule has 5 aliphatic heterocycles. The van der Waals surface area contributed by atoms with Crippen LogP contribution in [-0.4, -0.2) is 104 Å². The summed E-state index contributed by atoms with van der Waals surface area (Å²) in [4.78, 5) is 39.3. The fourth-order valence-electron chi connectivity index (χ4n) is 10.9. The van der Waals surface area contributed by atoms with Crippen LogP contribution < -0.4 is 5.32 Å². The van der Waals surface area contributed by atoms with E-state index in [2.05, 4.69) is 26.1 Å². The molecule has 5 heterocycles. The number of Topliss-reactive ketones (excluding diaryl/α,β-unsaturated/α-hetero) is 1. The van der Waals surface area contributed by atoms with E-state index in [-0.39, 0.29) is 47.5 Å². The average Bonchev–Trinajstić information content (AvgIpc) is 3.52. The van der Waals surface area contributed by atoms with Gasteiger partial charge in [0.15, 0.2) is 11.6 Å². The van der Waals surface area contributed by atoms with Gasteiger partial charge in [-0.2, -0.15) is 0 Å². The first kappa shape index (κ1) is 46.4. The molecule has 0 bridgehead atoms. The van der Waals surface area contributed by atoms with Crippen LogP contribution in [0.1, 0.15) is 133 Å². The number of aliphatic hydroxyl groups excluding tert-OH is 1. The van der Waals surface area contributed by atoms with Crippen LogP contribution in [0.3, 0.4) is 0 Å². The Morgan fingerprint density at radius 2 is 1.60 bits per heavy atom. The number of carboxylic acids is 1. The fraction of sp³-hybridized carbons (Fsp3) is 0.886. The number of amides is 1. The highest BCUT2D eigenvalue weighted by Gasteiger charge is 2.63. The summed E-state index contributed by atoms with van der Waals surface area (Å²) < 4.78 is 34.2. The largest absolute Gasteiger partial charge is 0.481 e. The second-order valence-corrected chi connectivity index (χ2v) is 18.9. The lowest BCUT2D eigenvalue weighted by Gasteiger charge is -2.55. The van der Waals surface area contributed by atoms with Gasteiger partial charge in [-0.15, -0.1) is 11.6 Å². The zero-order valence-corrected chi connectivity index (χ0v) is 36.8. The van der Waals surface area contributed by atoms with E-state index in [1.807, 2.05) is 53.7 Å². The minimum absolute atomic E-state index is 0.0171. The van der Waals surface area contributed by atoms with E-state index in [0.717, 1.165) is 6.42 Å². The van der Waals surface area contributed by atoms with Gasteiger partial charge < -0.3 is 44.3 Å². The van der Waals surface area contributed by atoms with Gasteiger partial charge in [0.25, 0.3) is 0 Å². The summed E-state index contributed by atoms with van der Waals surface area (Å²) in [6.07, 6.45) is 6.46. The summed E-state index contributed by atoms with van der Waals surface area (Å²) >= 11 is 5.97.